The Balaban J connectivity index is 1.98. The molecule has 0 fully saturated rings. The van der Waals surface area contributed by atoms with Crippen molar-refractivity contribution in [2.45, 2.75) is 46.8 Å². The molecule has 0 radical (unpaired) electrons. The monoisotopic (exact) mass is 248 g/mol. The Bertz CT molecular complexity index is 495. The van der Waals surface area contributed by atoms with Crippen LogP contribution in [-0.4, -0.2) is 14.9 Å². The molecule has 2 rings (SSSR count). The van der Waals surface area contributed by atoms with E-state index >= 15 is 0 Å². The summed E-state index contributed by atoms with van der Waals surface area (Å²) in [7, 11) is 0. The third kappa shape index (κ3) is 2.61. The Morgan fingerprint density at radius 2 is 2.22 bits per heavy atom. The highest BCUT2D eigenvalue weighted by Gasteiger charge is 2.15. The Kier molecular flexibility index (Phi) is 3.81. The van der Waals surface area contributed by atoms with Gasteiger partial charge < -0.3 is 9.84 Å². The van der Waals surface area contributed by atoms with Gasteiger partial charge in [0.05, 0.1) is 11.9 Å². The highest BCUT2D eigenvalue weighted by molar-refractivity contribution is 5.24. The summed E-state index contributed by atoms with van der Waals surface area (Å²) in [5.41, 5.74) is 3.30. The van der Waals surface area contributed by atoms with Crippen molar-refractivity contribution in [2.24, 2.45) is 0 Å². The van der Waals surface area contributed by atoms with E-state index in [4.69, 9.17) is 4.52 Å². The first-order valence-corrected chi connectivity index (χ1v) is 6.29. The van der Waals surface area contributed by atoms with Crippen molar-refractivity contribution in [3.63, 3.8) is 0 Å². The third-order valence-electron chi connectivity index (χ3n) is 3.14. The second kappa shape index (κ2) is 5.35. The zero-order valence-corrected chi connectivity index (χ0v) is 11.4. The number of hydrogen-bond donors (Lipinski definition) is 1. The quantitative estimate of drug-likeness (QED) is 0.882. The molecule has 1 unspecified atom stereocenters. The molecule has 5 heteroatoms. The SMILES string of the molecule is CCn1cc(CNC(C)c2c(C)noc2C)cn1. The maximum atomic E-state index is 5.18. The van der Waals surface area contributed by atoms with Crippen LogP contribution in [0.3, 0.4) is 0 Å². The lowest BCUT2D eigenvalue weighted by Gasteiger charge is -2.12. The molecule has 0 saturated carbocycles. The Morgan fingerprint density at radius 3 is 2.78 bits per heavy atom. The molecule has 0 aliphatic rings. The van der Waals surface area contributed by atoms with Gasteiger partial charge in [-0.15, -0.1) is 0 Å². The van der Waals surface area contributed by atoms with Crippen LogP contribution in [0, 0.1) is 13.8 Å². The maximum absolute atomic E-state index is 5.18. The molecular formula is C13H20N4O. The summed E-state index contributed by atoms with van der Waals surface area (Å²) in [5, 5.41) is 11.7. The van der Waals surface area contributed by atoms with Gasteiger partial charge in [0.2, 0.25) is 0 Å². The minimum Gasteiger partial charge on any atom is -0.361 e. The molecule has 2 aromatic heterocycles. The average Bonchev–Trinajstić information content (AvgIpc) is 2.93. The van der Waals surface area contributed by atoms with Gasteiger partial charge in [-0.05, 0) is 27.7 Å². The van der Waals surface area contributed by atoms with Crippen molar-refractivity contribution in [1.29, 1.82) is 0 Å². The van der Waals surface area contributed by atoms with E-state index in [-0.39, 0.29) is 6.04 Å². The number of nitrogens with one attached hydrogen (secondary N) is 1. The predicted molar refractivity (Wildman–Crippen MR) is 69.1 cm³/mol. The molecule has 0 spiro atoms. The number of rotatable bonds is 5. The smallest absolute Gasteiger partial charge is 0.138 e. The molecule has 1 atom stereocenters. The third-order valence-corrected chi connectivity index (χ3v) is 3.14. The first-order valence-electron chi connectivity index (χ1n) is 6.29. The zero-order chi connectivity index (χ0) is 13.1. The van der Waals surface area contributed by atoms with Crippen LogP contribution in [0.2, 0.25) is 0 Å². The lowest BCUT2D eigenvalue weighted by atomic mass is 10.1. The standard InChI is InChI=1S/C13H20N4O/c1-5-17-8-12(7-15-17)6-14-9(2)13-10(3)16-18-11(13)4/h7-9,14H,5-6H2,1-4H3. The summed E-state index contributed by atoms with van der Waals surface area (Å²) in [6, 6.07) is 0.223. The molecule has 0 aliphatic carbocycles. The first kappa shape index (κ1) is 12.8. The zero-order valence-electron chi connectivity index (χ0n) is 11.4. The fourth-order valence-corrected chi connectivity index (χ4v) is 2.15. The van der Waals surface area contributed by atoms with Crippen LogP contribution in [0.4, 0.5) is 0 Å². The van der Waals surface area contributed by atoms with Crippen LogP contribution in [0.5, 0.6) is 0 Å². The highest BCUT2D eigenvalue weighted by Crippen LogP contribution is 2.21. The highest BCUT2D eigenvalue weighted by atomic mass is 16.5. The van der Waals surface area contributed by atoms with Crippen LogP contribution >= 0.6 is 0 Å². The van der Waals surface area contributed by atoms with Crippen molar-refractivity contribution in [2.75, 3.05) is 0 Å². The van der Waals surface area contributed by atoms with Crippen molar-refractivity contribution in [3.05, 3.63) is 35.0 Å². The fourth-order valence-electron chi connectivity index (χ4n) is 2.15. The molecule has 1 N–H and O–H groups in total. The maximum Gasteiger partial charge on any atom is 0.138 e. The lowest BCUT2D eigenvalue weighted by molar-refractivity contribution is 0.390. The van der Waals surface area contributed by atoms with Crippen molar-refractivity contribution in [1.82, 2.24) is 20.3 Å². The molecule has 0 aromatic carbocycles. The molecule has 2 aromatic rings. The average molecular weight is 248 g/mol. The first-order chi connectivity index (χ1) is 8.61. The molecule has 18 heavy (non-hydrogen) atoms. The van der Waals surface area contributed by atoms with E-state index in [1.165, 1.54) is 5.56 Å². The van der Waals surface area contributed by atoms with Gasteiger partial charge >= 0.3 is 0 Å². The van der Waals surface area contributed by atoms with E-state index in [0.29, 0.717) is 0 Å². The number of hydrogen-bond acceptors (Lipinski definition) is 4. The summed E-state index contributed by atoms with van der Waals surface area (Å²) >= 11 is 0. The van der Waals surface area contributed by atoms with Crippen LogP contribution in [0.15, 0.2) is 16.9 Å². The minimum atomic E-state index is 0.223. The van der Waals surface area contributed by atoms with E-state index in [1.54, 1.807) is 0 Å². The van der Waals surface area contributed by atoms with Crippen LogP contribution < -0.4 is 5.32 Å². The Hall–Kier alpha value is -1.62. The van der Waals surface area contributed by atoms with E-state index in [1.807, 2.05) is 24.7 Å². The molecule has 98 valence electrons. The number of nitrogens with zero attached hydrogens (tertiary/aromatic N) is 3. The van der Waals surface area contributed by atoms with Gasteiger partial charge in [-0.3, -0.25) is 4.68 Å². The number of aromatic nitrogens is 3. The summed E-state index contributed by atoms with van der Waals surface area (Å²) in [5.74, 6) is 0.886. The van der Waals surface area contributed by atoms with Crippen molar-refractivity contribution in [3.8, 4) is 0 Å². The van der Waals surface area contributed by atoms with Gasteiger partial charge in [0, 0.05) is 36.5 Å². The Morgan fingerprint density at radius 1 is 1.44 bits per heavy atom. The van der Waals surface area contributed by atoms with E-state index in [9.17, 15) is 0 Å². The molecule has 2 heterocycles. The largest absolute Gasteiger partial charge is 0.361 e. The summed E-state index contributed by atoms with van der Waals surface area (Å²) in [6.45, 7) is 9.82. The van der Waals surface area contributed by atoms with Crippen molar-refractivity contribution >= 4 is 0 Å². The predicted octanol–water partition coefficient (Wildman–Crippen LogP) is 2.36. The summed E-state index contributed by atoms with van der Waals surface area (Å²) in [4.78, 5) is 0. The van der Waals surface area contributed by atoms with Crippen molar-refractivity contribution < 1.29 is 4.52 Å². The van der Waals surface area contributed by atoms with Crippen LogP contribution in [-0.2, 0) is 13.1 Å². The van der Waals surface area contributed by atoms with Crippen LogP contribution in [0.1, 0.15) is 42.5 Å². The second-order valence-electron chi connectivity index (χ2n) is 4.54. The number of aryl methyl sites for hydroxylation is 3. The van der Waals surface area contributed by atoms with Gasteiger partial charge in [0.1, 0.15) is 5.76 Å². The van der Waals surface area contributed by atoms with Gasteiger partial charge in [-0.2, -0.15) is 5.10 Å². The van der Waals surface area contributed by atoms with Gasteiger partial charge in [0.25, 0.3) is 0 Å². The normalized spacial score (nSPS) is 12.9. The topological polar surface area (TPSA) is 55.9 Å². The minimum absolute atomic E-state index is 0.223. The summed E-state index contributed by atoms with van der Waals surface area (Å²) < 4.78 is 7.11. The molecule has 5 nitrogen and oxygen atoms in total. The van der Waals surface area contributed by atoms with E-state index in [2.05, 4.69) is 35.6 Å². The van der Waals surface area contributed by atoms with Gasteiger partial charge in [-0.25, -0.2) is 0 Å². The summed E-state index contributed by atoms with van der Waals surface area (Å²) in [6.07, 6.45) is 3.96. The van der Waals surface area contributed by atoms with E-state index < -0.39 is 0 Å². The second-order valence-corrected chi connectivity index (χ2v) is 4.54. The Labute approximate surface area is 107 Å². The fraction of sp³-hybridized carbons (Fsp3) is 0.538. The molecular weight excluding hydrogens is 228 g/mol. The van der Waals surface area contributed by atoms with E-state index in [0.717, 1.165) is 30.1 Å². The van der Waals surface area contributed by atoms with Gasteiger partial charge in [-0.1, -0.05) is 5.16 Å². The molecule has 0 saturated heterocycles. The van der Waals surface area contributed by atoms with Crippen LogP contribution in [0.25, 0.3) is 0 Å². The van der Waals surface area contributed by atoms with Gasteiger partial charge in [0.15, 0.2) is 0 Å². The molecule has 0 amide bonds. The molecule has 0 bridgehead atoms. The molecule has 0 aliphatic heterocycles. The lowest BCUT2D eigenvalue weighted by Crippen LogP contribution is -2.18.